The molecule has 0 radical (unpaired) electrons. The molecular formula is C17H26N2O. The molecule has 3 nitrogen and oxygen atoms in total. The molecule has 1 saturated heterocycles. The Labute approximate surface area is 122 Å². The van der Waals surface area contributed by atoms with Crippen molar-refractivity contribution in [1.82, 2.24) is 4.90 Å². The van der Waals surface area contributed by atoms with E-state index in [4.69, 9.17) is 0 Å². The van der Waals surface area contributed by atoms with Gasteiger partial charge in [0.1, 0.15) is 0 Å². The molecule has 1 amide bonds. The predicted molar refractivity (Wildman–Crippen MR) is 83.9 cm³/mol. The standard InChI is InChI=1S/C17H26N2O/c1-3-11-18(12-4-2)14-15-7-9-16(10-8-15)19-13-5-6-17(19)20/h7-10H,3-6,11-14H2,1-2H3. The van der Waals surface area contributed by atoms with Crippen LogP contribution in [0.25, 0.3) is 0 Å². The molecule has 0 aromatic heterocycles. The molecule has 0 bridgehead atoms. The van der Waals surface area contributed by atoms with E-state index in [1.165, 1.54) is 18.4 Å². The molecule has 110 valence electrons. The lowest BCUT2D eigenvalue weighted by Crippen LogP contribution is -2.25. The third-order valence-electron chi connectivity index (χ3n) is 3.81. The topological polar surface area (TPSA) is 23.6 Å². The fourth-order valence-corrected chi connectivity index (χ4v) is 2.86. The van der Waals surface area contributed by atoms with Crippen molar-refractivity contribution >= 4 is 11.6 Å². The van der Waals surface area contributed by atoms with Crippen LogP contribution in [0.2, 0.25) is 0 Å². The van der Waals surface area contributed by atoms with E-state index < -0.39 is 0 Å². The number of amides is 1. The van der Waals surface area contributed by atoms with Crippen LogP contribution in [-0.2, 0) is 11.3 Å². The van der Waals surface area contributed by atoms with Crippen LogP contribution in [0.4, 0.5) is 5.69 Å². The van der Waals surface area contributed by atoms with Gasteiger partial charge in [-0.25, -0.2) is 0 Å². The first kappa shape index (κ1) is 15.0. The fourth-order valence-electron chi connectivity index (χ4n) is 2.86. The Hall–Kier alpha value is -1.35. The molecule has 1 heterocycles. The second kappa shape index (κ2) is 7.44. The summed E-state index contributed by atoms with van der Waals surface area (Å²) < 4.78 is 0. The van der Waals surface area contributed by atoms with Gasteiger partial charge in [0.25, 0.3) is 0 Å². The van der Waals surface area contributed by atoms with Crippen LogP contribution >= 0.6 is 0 Å². The van der Waals surface area contributed by atoms with Crippen molar-refractivity contribution in [3.63, 3.8) is 0 Å². The maximum absolute atomic E-state index is 11.7. The summed E-state index contributed by atoms with van der Waals surface area (Å²) in [7, 11) is 0. The number of rotatable bonds is 7. The van der Waals surface area contributed by atoms with E-state index in [-0.39, 0.29) is 5.91 Å². The number of benzene rings is 1. The first-order valence-electron chi connectivity index (χ1n) is 7.86. The third kappa shape index (κ3) is 3.83. The summed E-state index contributed by atoms with van der Waals surface area (Å²) in [5.41, 5.74) is 2.39. The Kier molecular flexibility index (Phi) is 5.60. The highest BCUT2D eigenvalue weighted by Crippen LogP contribution is 2.22. The van der Waals surface area contributed by atoms with Gasteiger partial charge in [0.15, 0.2) is 0 Å². The van der Waals surface area contributed by atoms with Crippen molar-refractivity contribution in [2.24, 2.45) is 0 Å². The maximum atomic E-state index is 11.7. The first-order valence-corrected chi connectivity index (χ1v) is 7.86. The highest BCUT2D eigenvalue weighted by Gasteiger charge is 2.21. The molecule has 0 unspecified atom stereocenters. The Bertz CT molecular complexity index is 421. The average Bonchev–Trinajstić information content (AvgIpc) is 2.86. The Morgan fingerprint density at radius 3 is 2.25 bits per heavy atom. The molecule has 0 spiro atoms. The summed E-state index contributed by atoms with van der Waals surface area (Å²) in [5.74, 6) is 0.261. The van der Waals surface area contributed by atoms with E-state index >= 15 is 0 Å². The minimum absolute atomic E-state index is 0.261. The van der Waals surface area contributed by atoms with Crippen LogP contribution < -0.4 is 4.90 Å². The van der Waals surface area contributed by atoms with Gasteiger partial charge >= 0.3 is 0 Å². The van der Waals surface area contributed by atoms with Gasteiger partial charge in [-0.2, -0.15) is 0 Å². The fraction of sp³-hybridized carbons (Fsp3) is 0.588. The summed E-state index contributed by atoms with van der Waals surface area (Å²) >= 11 is 0. The van der Waals surface area contributed by atoms with Crippen LogP contribution in [0, 0.1) is 0 Å². The van der Waals surface area contributed by atoms with Crippen LogP contribution in [0.3, 0.4) is 0 Å². The van der Waals surface area contributed by atoms with Crippen molar-refractivity contribution in [3.8, 4) is 0 Å². The van der Waals surface area contributed by atoms with Crippen molar-refractivity contribution in [2.45, 2.75) is 46.1 Å². The molecular weight excluding hydrogens is 248 g/mol. The monoisotopic (exact) mass is 274 g/mol. The Morgan fingerprint density at radius 1 is 1.10 bits per heavy atom. The SMILES string of the molecule is CCCN(CCC)Cc1ccc(N2CCCC2=O)cc1. The molecule has 1 aliphatic rings. The number of nitrogens with zero attached hydrogens (tertiary/aromatic N) is 2. The maximum Gasteiger partial charge on any atom is 0.227 e. The van der Waals surface area contributed by atoms with Crippen LogP contribution in [-0.4, -0.2) is 30.4 Å². The van der Waals surface area contributed by atoms with Gasteiger partial charge in [0.05, 0.1) is 0 Å². The zero-order chi connectivity index (χ0) is 14.4. The predicted octanol–water partition coefficient (Wildman–Crippen LogP) is 3.44. The molecule has 0 aliphatic carbocycles. The van der Waals surface area contributed by atoms with Crippen LogP contribution in [0.1, 0.15) is 45.1 Å². The largest absolute Gasteiger partial charge is 0.312 e. The summed E-state index contributed by atoms with van der Waals surface area (Å²) in [4.78, 5) is 16.1. The first-order chi connectivity index (χ1) is 9.74. The van der Waals surface area contributed by atoms with Crippen LogP contribution in [0.15, 0.2) is 24.3 Å². The average molecular weight is 274 g/mol. The van der Waals surface area contributed by atoms with Gasteiger partial charge in [0, 0.05) is 25.2 Å². The van der Waals surface area contributed by atoms with Crippen molar-refractivity contribution in [3.05, 3.63) is 29.8 Å². The highest BCUT2D eigenvalue weighted by atomic mass is 16.2. The smallest absolute Gasteiger partial charge is 0.227 e. The van der Waals surface area contributed by atoms with E-state index in [1.807, 2.05) is 4.90 Å². The molecule has 2 rings (SSSR count). The molecule has 1 aromatic rings. The molecule has 1 fully saturated rings. The lowest BCUT2D eigenvalue weighted by atomic mass is 10.1. The summed E-state index contributed by atoms with van der Waals surface area (Å²) in [6, 6.07) is 8.52. The van der Waals surface area contributed by atoms with Gasteiger partial charge < -0.3 is 4.90 Å². The zero-order valence-electron chi connectivity index (χ0n) is 12.8. The van der Waals surface area contributed by atoms with Gasteiger partial charge in [-0.15, -0.1) is 0 Å². The molecule has 0 atom stereocenters. The van der Waals surface area contributed by atoms with E-state index in [1.54, 1.807) is 0 Å². The Balaban J connectivity index is 1.98. The van der Waals surface area contributed by atoms with Gasteiger partial charge in [-0.1, -0.05) is 26.0 Å². The van der Waals surface area contributed by atoms with E-state index in [0.717, 1.165) is 38.3 Å². The minimum Gasteiger partial charge on any atom is -0.312 e. The third-order valence-corrected chi connectivity index (χ3v) is 3.81. The van der Waals surface area contributed by atoms with E-state index in [0.29, 0.717) is 6.42 Å². The van der Waals surface area contributed by atoms with Gasteiger partial charge in [0.2, 0.25) is 5.91 Å². The minimum atomic E-state index is 0.261. The number of carbonyl (C=O) groups excluding carboxylic acids is 1. The normalized spacial score (nSPS) is 15.3. The van der Waals surface area contributed by atoms with Crippen molar-refractivity contribution in [2.75, 3.05) is 24.5 Å². The van der Waals surface area contributed by atoms with Gasteiger partial charge in [-0.05, 0) is 50.0 Å². The summed E-state index contributed by atoms with van der Waals surface area (Å²) in [6.07, 6.45) is 4.07. The van der Waals surface area contributed by atoms with Gasteiger partial charge in [-0.3, -0.25) is 9.69 Å². The summed E-state index contributed by atoms with van der Waals surface area (Å²) in [5, 5.41) is 0. The molecule has 20 heavy (non-hydrogen) atoms. The lowest BCUT2D eigenvalue weighted by Gasteiger charge is -2.21. The number of hydrogen-bond donors (Lipinski definition) is 0. The highest BCUT2D eigenvalue weighted by molar-refractivity contribution is 5.95. The molecule has 0 N–H and O–H groups in total. The zero-order valence-corrected chi connectivity index (χ0v) is 12.8. The van der Waals surface area contributed by atoms with E-state index in [9.17, 15) is 4.79 Å². The quantitative estimate of drug-likeness (QED) is 0.760. The van der Waals surface area contributed by atoms with Crippen LogP contribution in [0.5, 0.6) is 0 Å². The van der Waals surface area contributed by atoms with Crippen molar-refractivity contribution < 1.29 is 4.79 Å². The van der Waals surface area contributed by atoms with Crippen molar-refractivity contribution in [1.29, 1.82) is 0 Å². The second-order valence-electron chi connectivity index (χ2n) is 5.59. The molecule has 3 heteroatoms. The molecule has 1 aromatic carbocycles. The number of carbonyl (C=O) groups is 1. The molecule has 1 aliphatic heterocycles. The summed E-state index contributed by atoms with van der Waals surface area (Å²) in [6.45, 7) is 8.64. The second-order valence-corrected chi connectivity index (χ2v) is 5.59. The Morgan fingerprint density at radius 2 is 1.75 bits per heavy atom. The number of anilines is 1. The molecule has 0 saturated carbocycles. The lowest BCUT2D eigenvalue weighted by molar-refractivity contribution is -0.117. The van der Waals surface area contributed by atoms with E-state index in [2.05, 4.69) is 43.0 Å². The number of hydrogen-bond acceptors (Lipinski definition) is 2.